The van der Waals surface area contributed by atoms with Gasteiger partial charge >= 0.3 is 0 Å². The number of hydrogen-bond acceptors (Lipinski definition) is 0. The second-order valence-corrected chi connectivity index (χ2v) is 5.41. The molecule has 3 unspecified atom stereocenters. The fraction of sp³-hybridized carbons (Fsp3) is 0.733. The van der Waals surface area contributed by atoms with E-state index >= 15 is 0 Å². The van der Waals surface area contributed by atoms with E-state index in [1.54, 1.807) is 5.57 Å². The highest BCUT2D eigenvalue weighted by Crippen LogP contribution is 2.44. The first-order valence-electron chi connectivity index (χ1n) is 6.65. The lowest BCUT2D eigenvalue weighted by Gasteiger charge is -2.15. The zero-order chi connectivity index (χ0) is 10.7. The number of fused-ring (bicyclic) bond motifs is 2. The molecule has 0 heterocycles. The van der Waals surface area contributed by atoms with Crippen LogP contribution in [0.5, 0.6) is 0 Å². The molecule has 2 bridgehead atoms. The fourth-order valence-corrected chi connectivity index (χ4v) is 3.12. The van der Waals surface area contributed by atoms with Crippen molar-refractivity contribution in [3.63, 3.8) is 0 Å². The Hall–Kier alpha value is -0.520. The van der Waals surface area contributed by atoms with Gasteiger partial charge in [-0.25, -0.2) is 0 Å². The van der Waals surface area contributed by atoms with Crippen LogP contribution in [0.15, 0.2) is 23.8 Å². The molecule has 1 saturated carbocycles. The molecule has 0 spiro atoms. The SMILES string of the molecule is CCCCC/C(C)=C/C1CC2C=CC1C2. The predicted molar refractivity (Wildman–Crippen MR) is 66.7 cm³/mol. The average molecular weight is 204 g/mol. The lowest BCUT2D eigenvalue weighted by molar-refractivity contribution is 0.543. The predicted octanol–water partition coefficient (Wildman–Crippen LogP) is 4.73. The summed E-state index contributed by atoms with van der Waals surface area (Å²) in [5, 5.41) is 0. The summed E-state index contributed by atoms with van der Waals surface area (Å²) in [5.41, 5.74) is 1.63. The maximum Gasteiger partial charge on any atom is -0.0162 e. The molecule has 2 aliphatic rings. The molecule has 3 atom stereocenters. The number of rotatable bonds is 5. The zero-order valence-electron chi connectivity index (χ0n) is 10.2. The van der Waals surface area contributed by atoms with E-state index in [1.807, 2.05) is 0 Å². The van der Waals surface area contributed by atoms with Crippen LogP contribution in [0.3, 0.4) is 0 Å². The molecule has 2 aliphatic carbocycles. The van der Waals surface area contributed by atoms with E-state index < -0.39 is 0 Å². The monoisotopic (exact) mass is 204 g/mol. The molecule has 2 rings (SSSR count). The Morgan fingerprint density at radius 1 is 1.27 bits per heavy atom. The van der Waals surface area contributed by atoms with Gasteiger partial charge in [0.25, 0.3) is 0 Å². The summed E-state index contributed by atoms with van der Waals surface area (Å²) in [4.78, 5) is 0. The molecule has 0 aromatic rings. The molecule has 0 saturated heterocycles. The molecule has 0 aromatic heterocycles. The van der Waals surface area contributed by atoms with Gasteiger partial charge in [0.05, 0.1) is 0 Å². The Bertz CT molecular complexity index is 259. The second-order valence-electron chi connectivity index (χ2n) is 5.41. The average Bonchev–Trinajstić information content (AvgIpc) is 2.79. The first kappa shape index (κ1) is 11.0. The molecule has 0 nitrogen and oxygen atoms in total. The lowest BCUT2D eigenvalue weighted by Crippen LogP contribution is -2.04. The van der Waals surface area contributed by atoms with E-state index in [0.717, 1.165) is 17.8 Å². The lowest BCUT2D eigenvalue weighted by atomic mass is 9.91. The van der Waals surface area contributed by atoms with Gasteiger partial charge < -0.3 is 0 Å². The third kappa shape index (κ3) is 2.74. The smallest absolute Gasteiger partial charge is 0.0162 e. The highest BCUT2D eigenvalue weighted by atomic mass is 14.4. The van der Waals surface area contributed by atoms with Crippen molar-refractivity contribution in [3.8, 4) is 0 Å². The maximum absolute atomic E-state index is 2.57. The first-order valence-corrected chi connectivity index (χ1v) is 6.65. The van der Waals surface area contributed by atoms with Crippen molar-refractivity contribution in [2.24, 2.45) is 17.8 Å². The van der Waals surface area contributed by atoms with Crippen molar-refractivity contribution in [1.82, 2.24) is 0 Å². The van der Waals surface area contributed by atoms with Crippen molar-refractivity contribution in [1.29, 1.82) is 0 Å². The minimum absolute atomic E-state index is 0.877. The number of unbranched alkanes of at least 4 members (excludes halogenated alkanes) is 2. The minimum atomic E-state index is 0.877. The molecular formula is C15H24. The first-order chi connectivity index (χ1) is 7.29. The van der Waals surface area contributed by atoms with Gasteiger partial charge in [0.1, 0.15) is 0 Å². The van der Waals surface area contributed by atoms with Crippen LogP contribution in [-0.4, -0.2) is 0 Å². The summed E-state index contributed by atoms with van der Waals surface area (Å²) in [6.07, 6.45) is 15.8. The molecule has 15 heavy (non-hydrogen) atoms. The molecule has 0 aromatic carbocycles. The topological polar surface area (TPSA) is 0 Å². The van der Waals surface area contributed by atoms with E-state index in [2.05, 4.69) is 32.1 Å². The van der Waals surface area contributed by atoms with E-state index in [1.165, 1.54) is 38.5 Å². The normalized spacial score (nSPS) is 34.0. The molecular weight excluding hydrogens is 180 g/mol. The molecule has 0 heteroatoms. The van der Waals surface area contributed by atoms with Crippen molar-refractivity contribution in [3.05, 3.63) is 23.8 Å². The summed E-state index contributed by atoms with van der Waals surface area (Å²) in [6.45, 7) is 4.60. The fourth-order valence-electron chi connectivity index (χ4n) is 3.12. The van der Waals surface area contributed by atoms with E-state index in [9.17, 15) is 0 Å². The maximum atomic E-state index is 2.57. The Balaban J connectivity index is 1.79. The summed E-state index contributed by atoms with van der Waals surface area (Å²) < 4.78 is 0. The van der Waals surface area contributed by atoms with Gasteiger partial charge in [-0.3, -0.25) is 0 Å². The largest absolute Gasteiger partial charge is 0.0851 e. The van der Waals surface area contributed by atoms with E-state index in [-0.39, 0.29) is 0 Å². The van der Waals surface area contributed by atoms with E-state index in [4.69, 9.17) is 0 Å². The molecule has 1 fully saturated rings. The van der Waals surface area contributed by atoms with Gasteiger partial charge in [-0.2, -0.15) is 0 Å². The van der Waals surface area contributed by atoms with Crippen LogP contribution in [-0.2, 0) is 0 Å². The highest BCUT2D eigenvalue weighted by Gasteiger charge is 2.33. The molecule has 0 amide bonds. The van der Waals surface area contributed by atoms with Crippen molar-refractivity contribution >= 4 is 0 Å². The molecule has 0 radical (unpaired) electrons. The van der Waals surface area contributed by atoms with Crippen LogP contribution in [0.2, 0.25) is 0 Å². The Morgan fingerprint density at radius 2 is 2.13 bits per heavy atom. The van der Waals surface area contributed by atoms with Crippen LogP contribution in [0.1, 0.15) is 52.4 Å². The molecule has 84 valence electrons. The number of allylic oxidation sites excluding steroid dienone is 4. The zero-order valence-corrected chi connectivity index (χ0v) is 10.2. The van der Waals surface area contributed by atoms with Crippen molar-refractivity contribution in [2.75, 3.05) is 0 Å². The third-order valence-corrected chi connectivity index (χ3v) is 4.00. The van der Waals surface area contributed by atoms with Gasteiger partial charge in [-0.15, -0.1) is 0 Å². The van der Waals surface area contributed by atoms with Gasteiger partial charge in [0.15, 0.2) is 0 Å². The standard InChI is InChI=1S/C15H24/c1-3-4-5-6-12(2)9-15-11-13-7-8-14(15)10-13/h7-9,13-15H,3-6,10-11H2,1-2H3/b12-9+. The summed E-state index contributed by atoms with van der Waals surface area (Å²) in [7, 11) is 0. The minimum Gasteiger partial charge on any atom is -0.0851 e. The van der Waals surface area contributed by atoms with Gasteiger partial charge in [-0.05, 0) is 50.4 Å². The van der Waals surface area contributed by atoms with Gasteiger partial charge in [0, 0.05) is 0 Å². The van der Waals surface area contributed by atoms with Crippen LogP contribution < -0.4 is 0 Å². The summed E-state index contributed by atoms with van der Waals surface area (Å²) in [6, 6.07) is 0. The van der Waals surface area contributed by atoms with Crippen LogP contribution >= 0.6 is 0 Å². The van der Waals surface area contributed by atoms with Gasteiger partial charge in [0.2, 0.25) is 0 Å². The van der Waals surface area contributed by atoms with Crippen LogP contribution in [0.4, 0.5) is 0 Å². The molecule has 0 aliphatic heterocycles. The highest BCUT2D eigenvalue weighted by molar-refractivity contribution is 5.16. The third-order valence-electron chi connectivity index (χ3n) is 4.00. The van der Waals surface area contributed by atoms with Crippen molar-refractivity contribution < 1.29 is 0 Å². The Labute approximate surface area is 94.5 Å². The Kier molecular flexibility index (Phi) is 3.66. The van der Waals surface area contributed by atoms with Gasteiger partial charge in [-0.1, -0.05) is 43.6 Å². The van der Waals surface area contributed by atoms with Crippen LogP contribution in [0.25, 0.3) is 0 Å². The Morgan fingerprint density at radius 3 is 2.73 bits per heavy atom. The second kappa shape index (κ2) is 5.01. The van der Waals surface area contributed by atoms with E-state index in [0.29, 0.717) is 0 Å². The molecule has 0 N–H and O–H groups in total. The number of hydrogen-bond donors (Lipinski definition) is 0. The van der Waals surface area contributed by atoms with Crippen molar-refractivity contribution in [2.45, 2.75) is 52.4 Å². The van der Waals surface area contributed by atoms with Crippen LogP contribution in [0, 0.1) is 17.8 Å². The summed E-state index contributed by atoms with van der Waals surface area (Å²) in [5.74, 6) is 2.68. The quantitative estimate of drug-likeness (QED) is 0.449. The summed E-state index contributed by atoms with van der Waals surface area (Å²) >= 11 is 0.